The number of anilines is 1. The number of hydrogen-bond acceptors (Lipinski definition) is 6. The van der Waals surface area contributed by atoms with Crippen LogP contribution in [0.3, 0.4) is 0 Å². The number of nitrogens with two attached hydrogens (primary N) is 1. The number of aliphatic hydroxyl groups is 1. The van der Waals surface area contributed by atoms with E-state index in [0.29, 0.717) is 19.6 Å². The molecule has 0 bridgehead atoms. The largest absolute Gasteiger partial charge is 0.490 e. The van der Waals surface area contributed by atoms with E-state index < -0.39 is 16.1 Å². The molecular weight excluding hydrogens is 450 g/mol. The summed E-state index contributed by atoms with van der Waals surface area (Å²) in [4.78, 5) is 4.19. The number of halogens is 1. The third kappa shape index (κ3) is 5.33. The zero-order valence-corrected chi connectivity index (χ0v) is 19.1. The fraction of sp³-hybridized carbons (Fsp3) is 0.304. The topological polar surface area (TPSA) is 96.1 Å². The lowest BCUT2D eigenvalue weighted by Gasteiger charge is -2.37. The molecule has 0 saturated carbocycles. The zero-order chi connectivity index (χ0) is 22.7. The van der Waals surface area contributed by atoms with Crippen molar-refractivity contribution in [3.63, 3.8) is 0 Å². The number of piperazine rings is 1. The van der Waals surface area contributed by atoms with Crippen LogP contribution in [0.5, 0.6) is 5.75 Å². The van der Waals surface area contributed by atoms with Gasteiger partial charge in [-0.1, -0.05) is 48.0 Å². The van der Waals surface area contributed by atoms with Crippen molar-refractivity contribution < 1.29 is 18.3 Å². The molecule has 170 valence electrons. The number of sulfonamides is 1. The summed E-state index contributed by atoms with van der Waals surface area (Å²) >= 11 is 5.98. The third-order valence-corrected chi connectivity index (χ3v) is 7.00. The number of aliphatic hydroxyl groups excluding tert-OH is 1. The molecule has 1 fully saturated rings. The van der Waals surface area contributed by atoms with E-state index >= 15 is 0 Å². The number of benzene rings is 3. The van der Waals surface area contributed by atoms with E-state index in [2.05, 4.69) is 9.80 Å². The normalized spacial score (nSPS) is 16.3. The molecule has 4 rings (SSSR count). The fourth-order valence-electron chi connectivity index (χ4n) is 3.95. The molecule has 9 heteroatoms. The molecule has 3 aromatic carbocycles. The Morgan fingerprint density at radius 3 is 2.50 bits per heavy atom. The van der Waals surface area contributed by atoms with Gasteiger partial charge in [0.25, 0.3) is 0 Å². The molecule has 1 atom stereocenters. The van der Waals surface area contributed by atoms with Crippen LogP contribution < -0.4 is 14.8 Å². The summed E-state index contributed by atoms with van der Waals surface area (Å²) in [7, 11) is -3.88. The van der Waals surface area contributed by atoms with E-state index in [0.717, 1.165) is 35.3 Å². The van der Waals surface area contributed by atoms with Crippen molar-refractivity contribution in [1.29, 1.82) is 0 Å². The monoisotopic (exact) mass is 475 g/mol. The van der Waals surface area contributed by atoms with Crippen LogP contribution in [0.2, 0.25) is 5.02 Å². The molecule has 1 aliphatic rings. The number of primary sulfonamides is 1. The molecule has 0 aromatic heterocycles. The Labute approximate surface area is 193 Å². The number of hydrogen-bond donors (Lipinski definition) is 2. The van der Waals surface area contributed by atoms with E-state index in [-0.39, 0.29) is 16.5 Å². The first kappa shape index (κ1) is 22.8. The average molecular weight is 476 g/mol. The van der Waals surface area contributed by atoms with E-state index in [4.69, 9.17) is 21.5 Å². The first-order valence-electron chi connectivity index (χ1n) is 10.4. The molecule has 1 saturated heterocycles. The van der Waals surface area contributed by atoms with Gasteiger partial charge in [-0.3, -0.25) is 4.90 Å². The number of rotatable bonds is 7. The van der Waals surface area contributed by atoms with Crippen molar-refractivity contribution in [3.8, 4) is 5.75 Å². The van der Waals surface area contributed by atoms with Crippen molar-refractivity contribution in [2.45, 2.75) is 11.0 Å². The Hall–Kier alpha value is -2.36. The number of β-amino-alcohol motifs (C(OH)–C–C–N with tert-alkyl or cyclic N) is 1. The van der Waals surface area contributed by atoms with Crippen LogP contribution in [0.15, 0.2) is 65.6 Å². The van der Waals surface area contributed by atoms with Crippen molar-refractivity contribution in [2.75, 3.05) is 44.2 Å². The van der Waals surface area contributed by atoms with E-state index in [1.807, 2.05) is 42.5 Å². The zero-order valence-electron chi connectivity index (χ0n) is 17.5. The Morgan fingerprint density at radius 1 is 1.03 bits per heavy atom. The lowest BCUT2D eigenvalue weighted by Crippen LogP contribution is -2.49. The van der Waals surface area contributed by atoms with Crippen LogP contribution in [0.1, 0.15) is 0 Å². The van der Waals surface area contributed by atoms with Gasteiger partial charge >= 0.3 is 0 Å². The summed E-state index contributed by atoms with van der Waals surface area (Å²) in [6.07, 6.45) is -0.620. The third-order valence-electron chi connectivity index (χ3n) is 5.61. The smallest absolute Gasteiger partial charge is 0.239 e. The lowest BCUT2D eigenvalue weighted by molar-refractivity contribution is 0.0668. The second-order valence-electron chi connectivity index (χ2n) is 7.89. The highest BCUT2D eigenvalue weighted by atomic mass is 35.5. The number of ether oxygens (including phenoxy) is 1. The summed E-state index contributed by atoms with van der Waals surface area (Å²) < 4.78 is 29.4. The molecule has 1 heterocycles. The van der Waals surface area contributed by atoms with Crippen molar-refractivity contribution in [3.05, 3.63) is 65.7 Å². The maximum atomic E-state index is 11.7. The summed E-state index contributed by atoms with van der Waals surface area (Å²) in [6.45, 7) is 3.58. The second kappa shape index (κ2) is 9.64. The van der Waals surface area contributed by atoms with Gasteiger partial charge in [-0.2, -0.15) is 0 Å². The van der Waals surface area contributed by atoms with Gasteiger partial charge in [0.15, 0.2) is 0 Å². The highest BCUT2D eigenvalue weighted by molar-refractivity contribution is 7.89. The molecule has 0 radical (unpaired) electrons. The van der Waals surface area contributed by atoms with Crippen molar-refractivity contribution in [2.24, 2.45) is 5.14 Å². The highest BCUT2D eigenvalue weighted by Gasteiger charge is 2.22. The minimum absolute atomic E-state index is 0.0693. The Morgan fingerprint density at radius 2 is 1.75 bits per heavy atom. The van der Waals surface area contributed by atoms with Gasteiger partial charge in [-0.05, 0) is 29.7 Å². The van der Waals surface area contributed by atoms with Gasteiger partial charge in [0.1, 0.15) is 23.4 Å². The predicted octanol–water partition coefficient (Wildman–Crippen LogP) is 2.70. The fourth-order valence-corrected chi connectivity index (χ4v) is 5.02. The molecule has 0 aliphatic carbocycles. The van der Waals surface area contributed by atoms with Gasteiger partial charge in [-0.15, -0.1) is 0 Å². The average Bonchev–Trinajstić information content (AvgIpc) is 2.78. The van der Waals surface area contributed by atoms with Gasteiger partial charge in [0.05, 0.1) is 5.02 Å². The van der Waals surface area contributed by atoms with E-state index in [9.17, 15) is 13.5 Å². The van der Waals surface area contributed by atoms with E-state index in [1.165, 1.54) is 6.07 Å². The Balaban J connectivity index is 1.30. The predicted molar refractivity (Wildman–Crippen MR) is 127 cm³/mol. The summed E-state index contributed by atoms with van der Waals surface area (Å²) in [6, 6.07) is 18.7. The quantitative estimate of drug-likeness (QED) is 0.545. The Kier molecular flexibility index (Phi) is 6.88. The first-order valence-corrected chi connectivity index (χ1v) is 12.3. The highest BCUT2D eigenvalue weighted by Crippen LogP contribution is 2.27. The van der Waals surface area contributed by atoms with Crippen LogP contribution in [0.4, 0.5) is 5.69 Å². The molecule has 0 spiro atoms. The van der Waals surface area contributed by atoms with Crippen LogP contribution in [-0.2, 0) is 10.0 Å². The molecule has 7 nitrogen and oxygen atoms in total. The first-order chi connectivity index (χ1) is 15.3. The van der Waals surface area contributed by atoms with Crippen LogP contribution in [-0.4, -0.2) is 63.9 Å². The molecule has 3 aromatic rings. The van der Waals surface area contributed by atoms with Crippen molar-refractivity contribution in [1.82, 2.24) is 4.90 Å². The minimum Gasteiger partial charge on any atom is -0.490 e. The minimum atomic E-state index is -3.88. The number of fused-ring (bicyclic) bond motifs is 1. The Bertz CT molecular complexity index is 1190. The molecule has 1 aliphatic heterocycles. The molecule has 1 unspecified atom stereocenters. The lowest BCUT2D eigenvalue weighted by atomic mass is 10.1. The maximum Gasteiger partial charge on any atom is 0.239 e. The standard InChI is InChI=1S/C23H26ClN3O4S/c24-21-9-8-18(14-23(21)32(25,29)30)27-12-10-26(11-13-27)15-19(28)16-31-22-7-3-5-17-4-1-2-6-20(17)22/h1-9,14,19,28H,10-13,15-16H2,(H2,25,29,30). The van der Waals surface area contributed by atoms with Gasteiger partial charge in [0, 0.05) is 43.8 Å². The summed E-state index contributed by atoms with van der Waals surface area (Å²) in [5.41, 5.74) is 0.762. The van der Waals surface area contributed by atoms with Crippen molar-refractivity contribution >= 4 is 38.1 Å². The number of nitrogens with zero attached hydrogens (tertiary/aromatic N) is 2. The summed E-state index contributed by atoms with van der Waals surface area (Å²) in [5, 5.41) is 18.0. The summed E-state index contributed by atoms with van der Waals surface area (Å²) in [5.74, 6) is 0.764. The van der Waals surface area contributed by atoms with Crippen LogP contribution in [0.25, 0.3) is 10.8 Å². The molecule has 32 heavy (non-hydrogen) atoms. The molecule has 0 amide bonds. The van der Waals surface area contributed by atoms with Gasteiger partial charge < -0.3 is 14.7 Å². The van der Waals surface area contributed by atoms with Gasteiger partial charge in [0.2, 0.25) is 10.0 Å². The molecular formula is C23H26ClN3O4S. The van der Waals surface area contributed by atoms with Crippen LogP contribution in [0, 0.1) is 0 Å². The van der Waals surface area contributed by atoms with E-state index in [1.54, 1.807) is 12.1 Å². The molecule has 3 N–H and O–H groups in total. The van der Waals surface area contributed by atoms with Crippen LogP contribution >= 0.6 is 11.6 Å². The van der Waals surface area contributed by atoms with Gasteiger partial charge in [-0.25, -0.2) is 13.6 Å². The maximum absolute atomic E-state index is 11.7. The SMILES string of the molecule is NS(=O)(=O)c1cc(N2CCN(CC(O)COc3cccc4ccccc34)CC2)ccc1Cl. The second-order valence-corrected chi connectivity index (χ2v) is 9.83.